The fraction of sp³-hybridized carbons (Fsp3) is 0.556. The van der Waals surface area contributed by atoms with Crippen molar-refractivity contribution in [1.29, 1.82) is 0 Å². The molecule has 1 fully saturated rings. The van der Waals surface area contributed by atoms with Crippen LogP contribution in [0.15, 0.2) is 29.3 Å². The number of rotatable bonds is 10. The number of nitrogens with zero attached hydrogens (tertiary/aromatic N) is 1. The SMILES string of the molecule is CCNC(=NCCCOc1ccc(F)cc1)NCCNC(=O)C1CC1. The van der Waals surface area contributed by atoms with Gasteiger partial charge in [0.2, 0.25) is 5.91 Å². The molecule has 6 nitrogen and oxygen atoms in total. The van der Waals surface area contributed by atoms with Crippen LogP contribution in [-0.2, 0) is 4.79 Å². The number of halogens is 1. The third-order valence-corrected chi connectivity index (χ3v) is 3.66. The zero-order valence-corrected chi connectivity index (χ0v) is 14.7. The van der Waals surface area contributed by atoms with Crippen LogP contribution in [0.3, 0.4) is 0 Å². The summed E-state index contributed by atoms with van der Waals surface area (Å²) >= 11 is 0. The molecule has 2 rings (SSSR count). The van der Waals surface area contributed by atoms with E-state index in [0.29, 0.717) is 32.0 Å². The summed E-state index contributed by atoms with van der Waals surface area (Å²) in [7, 11) is 0. The van der Waals surface area contributed by atoms with Gasteiger partial charge in [-0.2, -0.15) is 0 Å². The van der Waals surface area contributed by atoms with Gasteiger partial charge in [0.25, 0.3) is 0 Å². The number of aliphatic imine (C=N–C) groups is 1. The van der Waals surface area contributed by atoms with Gasteiger partial charge in [-0.3, -0.25) is 9.79 Å². The average Bonchev–Trinajstić information content (AvgIpc) is 3.45. The van der Waals surface area contributed by atoms with Crippen LogP contribution in [-0.4, -0.2) is 44.7 Å². The molecular formula is C18H27FN4O2. The number of amides is 1. The van der Waals surface area contributed by atoms with Gasteiger partial charge in [0.1, 0.15) is 11.6 Å². The minimum absolute atomic E-state index is 0.154. The van der Waals surface area contributed by atoms with Crippen LogP contribution in [0.4, 0.5) is 4.39 Å². The van der Waals surface area contributed by atoms with Gasteiger partial charge in [-0.15, -0.1) is 0 Å². The second kappa shape index (κ2) is 10.5. The van der Waals surface area contributed by atoms with Gasteiger partial charge in [0.05, 0.1) is 6.61 Å². The first-order chi connectivity index (χ1) is 12.2. The van der Waals surface area contributed by atoms with Crippen molar-refractivity contribution in [3.8, 4) is 5.75 Å². The van der Waals surface area contributed by atoms with Gasteiger partial charge in [-0.05, 0) is 44.0 Å². The van der Waals surface area contributed by atoms with Gasteiger partial charge >= 0.3 is 0 Å². The van der Waals surface area contributed by atoms with E-state index in [-0.39, 0.29) is 17.6 Å². The zero-order chi connectivity index (χ0) is 17.9. The summed E-state index contributed by atoms with van der Waals surface area (Å²) in [5.41, 5.74) is 0. The lowest BCUT2D eigenvalue weighted by Gasteiger charge is -2.12. The molecule has 0 unspecified atom stereocenters. The maximum Gasteiger partial charge on any atom is 0.223 e. The highest BCUT2D eigenvalue weighted by Crippen LogP contribution is 2.28. The monoisotopic (exact) mass is 350 g/mol. The van der Waals surface area contributed by atoms with E-state index >= 15 is 0 Å². The van der Waals surface area contributed by atoms with E-state index in [2.05, 4.69) is 20.9 Å². The van der Waals surface area contributed by atoms with E-state index in [4.69, 9.17) is 4.74 Å². The highest BCUT2D eigenvalue weighted by atomic mass is 19.1. The molecule has 1 aromatic carbocycles. The fourth-order valence-corrected chi connectivity index (χ4v) is 2.17. The van der Waals surface area contributed by atoms with Crippen molar-refractivity contribution in [1.82, 2.24) is 16.0 Å². The minimum Gasteiger partial charge on any atom is -0.494 e. The van der Waals surface area contributed by atoms with Crippen LogP contribution < -0.4 is 20.7 Å². The van der Waals surface area contributed by atoms with Crippen molar-refractivity contribution >= 4 is 11.9 Å². The van der Waals surface area contributed by atoms with Crippen LogP contribution in [0.5, 0.6) is 5.75 Å². The molecule has 0 aromatic heterocycles. The Morgan fingerprint density at radius 2 is 1.92 bits per heavy atom. The van der Waals surface area contributed by atoms with Crippen LogP contribution >= 0.6 is 0 Å². The fourth-order valence-electron chi connectivity index (χ4n) is 2.17. The molecule has 0 radical (unpaired) electrons. The van der Waals surface area contributed by atoms with Crippen LogP contribution in [0.25, 0.3) is 0 Å². The number of guanidine groups is 1. The molecule has 1 aromatic rings. The molecule has 0 saturated heterocycles. The maximum absolute atomic E-state index is 12.8. The number of hydrogen-bond donors (Lipinski definition) is 3. The number of hydrogen-bond acceptors (Lipinski definition) is 3. The molecule has 138 valence electrons. The lowest BCUT2D eigenvalue weighted by atomic mass is 10.3. The Kier molecular flexibility index (Phi) is 8.01. The molecule has 7 heteroatoms. The summed E-state index contributed by atoms with van der Waals surface area (Å²) in [5, 5.41) is 9.27. The minimum atomic E-state index is -0.272. The van der Waals surface area contributed by atoms with Gasteiger partial charge in [-0.1, -0.05) is 0 Å². The molecule has 25 heavy (non-hydrogen) atoms. The van der Waals surface area contributed by atoms with E-state index in [1.807, 2.05) is 6.92 Å². The molecule has 0 heterocycles. The standard InChI is InChI=1S/C18H27FN4O2/c1-2-20-18(23-12-11-21-17(24)14-4-5-14)22-10-3-13-25-16-8-6-15(19)7-9-16/h6-9,14H,2-5,10-13H2,1H3,(H,21,24)(H2,20,22,23). The van der Waals surface area contributed by atoms with Gasteiger partial charge in [-0.25, -0.2) is 4.39 Å². The molecule has 3 N–H and O–H groups in total. The molecule has 0 bridgehead atoms. The normalized spacial score (nSPS) is 14.1. The van der Waals surface area contributed by atoms with E-state index in [9.17, 15) is 9.18 Å². The third-order valence-electron chi connectivity index (χ3n) is 3.66. The lowest BCUT2D eigenvalue weighted by molar-refractivity contribution is -0.122. The summed E-state index contributed by atoms with van der Waals surface area (Å²) in [6.07, 6.45) is 2.79. The molecule has 0 atom stereocenters. The van der Waals surface area contributed by atoms with Crippen molar-refractivity contribution in [2.75, 3.05) is 32.8 Å². The Morgan fingerprint density at radius 1 is 1.20 bits per heavy atom. The zero-order valence-electron chi connectivity index (χ0n) is 14.7. The van der Waals surface area contributed by atoms with E-state index in [1.165, 1.54) is 12.1 Å². The van der Waals surface area contributed by atoms with Crippen LogP contribution in [0.2, 0.25) is 0 Å². The smallest absolute Gasteiger partial charge is 0.223 e. The molecule has 1 amide bonds. The van der Waals surface area contributed by atoms with Gasteiger partial charge < -0.3 is 20.7 Å². The van der Waals surface area contributed by atoms with Crippen LogP contribution in [0.1, 0.15) is 26.2 Å². The van der Waals surface area contributed by atoms with Crippen molar-refractivity contribution in [2.45, 2.75) is 26.2 Å². The van der Waals surface area contributed by atoms with Crippen molar-refractivity contribution in [3.63, 3.8) is 0 Å². The number of benzene rings is 1. The number of carbonyl (C=O) groups is 1. The molecule has 1 aliphatic rings. The largest absolute Gasteiger partial charge is 0.494 e. The summed E-state index contributed by atoms with van der Waals surface area (Å²) in [5.74, 6) is 1.50. The number of nitrogens with one attached hydrogen (secondary N) is 3. The third kappa shape index (κ3) is 7.87. The average molecular weight is 350 g/mol. The Hall–Kier alpha value is -2.31. The second-order valence-electron chi connectivity index (χ2n) is 5.91. The predicted molar refractivity (Wildman–Crippen MR) is 96.2 cm³/mol. The Bertz CT molecular complexity index is 559. The summed E-state index contributed by atoms with van der Waals surface area (Å²) < 4.78 is 18.3. The molecule has 0 spiro atoms. The van der Waals surface area contributed by atoms with E-state index < -0.39 is 0 Å². The predicted octanol–water partition coefficient (Wildman–Crippen LogP) is 1.68. The van der Waals surface area contributed by atoms with Gasteiger partial charge in [0.15, 0.2) is 5.96 Å². The van der Waals surface area contributed by atoms with Crippen molar-refractivity contribution < 1.29 is 13.9 Å². The van der Waals surface area contributed by atoms with Crippen molar-refractivity contribution in [2.24, 2.45) is 10.9 Å². The topological polar surface area (TPSA) is 74.8 Å². The number of carbonyl (C=O) groups excluding carboxylic acids is 1. The van der Waals surface area contributed by atoms with Crippen LogP contribution in [0, 0.1) is 11.7 Å². The first-order valence-electron chi connectivity index (χ1n) is 8.87. The summed E-state index contributed by atoms with van der Waals surface area (Å²) in [6.45, 7) is 5.14. The molecule has 1 aliphatic carbocycles. The highest BCUT2D eigenvalue weighted by molar-refractivity contribution is 5.81. The first kappa shape index (κ1) is 19.0. The second-order valence-corrected chi connectivity index (χ2v) is 5.91. The molecular weight excluding hydrogens is 323 g/mol. The summed E-state index contributed by atoms with van der Waals surface area (Å²) in [6, 6.07) is 5.98. The number of ether oxygens (including phenoxy) is 1. The Labute approximate surface area is 148 Å². The Balaban J connectivity index is 1.59. The molecule has 0 aliphatic heterocycles. The summed E-state index contributed by atoms with van der Waals surface area (Å²) in [4.78, 5) is 16.0. The van der Waals surface area contributed by atoms with Gasteiger partial charge in [0, 0.05) is 38.5 Å². The van der Waals surface area contributed by atoms with E-state index in [1.54, 1.807) is 12.1 Å². The molecule has 1 saturated carbocycles. The quantitative estimate of drug-likeness (QED) is 0.341. The lowest BCUT2D eigenvalue weighted by Crippen LogP contribution is -2.41. The highest BCUT2D eigenvalue weighted by Gasteiger charge is 2.28. The Morgan fingerprint density at radius 3 is 2.60 bits per heavy atom. The first-order valence-corrected chi connectivity index (χ1v) is 8.87. The van der Waals surface area contributed by atoms with Crippen molar-refractivity contribution in [3.05, 3.63) is 30.1 Å². The maximum atomic E-state index is 12.8. The van der Waals surface area contributed by atoms with E-state index in [0.717, 1.165) is 31.8 Å².